The van der Waals surface area contributed by atoms with Crippen LogP contribution in [-0.4, -0.2) is 23.5 Å². The Hall–Kier alpha value is -2.82. The van der Waals surface area contributed by atoms with Crippen LogP contribution in [0.5, 0.6) is 0 Å². The molecule has 1 amide bonds. The minimum Gasteiger partial charge on any atom is -0.480 e. The molecular formula is C16H16N2O3. The van der Waals surface area contributed by atoms with Gasteiger partial charge in [-0.25, -0.2) is 0 Å². The predicted molar refractivity (Wildman–Crippen MR) is 81.7 cm³/mol. The van der Waals surface area contributed by atoms with Crippen LogP contribution in [0.2, 0.25) is 0 Å². The van der Waals surface area contributed by atoms with E-state index in [0.717, 1.165) is 11.3 Å². The van der Waals surface area contributed by atoms with E-state index in [4.69, 9.17) is 5.11 Å². The van der Waals surface area contributed by atoms with Crippen LogP contribution in [0.4, 0.5) is 11.4 Å². The minimum atomic E-state index is -0.934. The molecule has 2 aromatic rings. The number of carbonyl (C=O) groups is 2. The molecule has 0 bridgehead atoms. The summed E-state index contributed by atoms with van der Waals surface area (Å²) in [5.41, 5.74) is 2.98. The van der Waals surface area contributed by atoms with E-state index in [9.17, 15) is 9.59 Å². The Kier molecular flexibility index (Phi) is 4.56. The quantitative estimate of drug-likeness (QED) is 0.789. The lowest BCUT2D eigenvalue weighted by Gasteiger charge is -2.07. The summed E-state index contributed by atoms with van der Waals surface area (Å²) in [5, 5.41) is 14.1. The van der Waals surface area contributed by atoms with E-state index in [1.165, 1.54) is 0 Å². The molecule has 0 aromatic heterocycles. The van der Waals surface area contributed by atoms with Crippen molar-refractivity contribution in [1.29, 1.82) is 0 Å². The first-order valence-corrected chi connectivity index (χ1v) is 6.48. The van der Waals surface area contributed by atoms with Crippen molar-refractivity contribution in [3.05, 3.63) is 59.7 Å². The molecule has 0 heterocycles. The molecule has 0 aliphatic heterocycles. The van der Waals surface area contributed by atoms with Gasteiger partial charge in [-0.05, 0) is 48.9 Å². The summed E-state index contributed by atoms with van der Waals surface area (Å²) in [4.78, 5) is 22.5. The first-order chi connectivity index (χ1) is 10.0. The Bertz CT molecular complexity index is 651. The van der Waals surface area contributed by atoms with E-state index in [1.807, 2.05) is 31.2 Å². The summed E-state index contributed by atoms with van der Waals surface area (Å²) in [7, 11) is 0. The maximum atomic E-state index is 12.1. The maximum Gasteiger partial charge on any atom is 0.322 e. The lowest BCUT2D eigenvalue weighted by atomic mass is 10.1. The van der Waals surface area contributed by atoms with Crippen molar-refractivity contribution in [1.82, 2.24) is 0 Å². The molecule has 0 spiro atoms. The highest BCUT2D eigenvalue weighted by Crippen LogP contribution is 2.13. The van der Waals surface area contributed by atoms with Crippen LogP contribution in [0.3, 0.4) is 0 Å². The standard InChI is InChI=1S/C16H16N2O3/c1-11-3-2-4-14(9-11)18-16(21)12-5-7-13(8-6-12)17-10-15(19)20/h2-9,17H,10H2,1H3,(H,18,21)(H,19,20). The summed E-state index contributed by atoms with van der Waals surface area (Å²) in [6.45, 7) is 1.80. The lowest BCUT2D eigenvalue weighted by Crippen LogP contribution is -2.13. The van der Waals surface area contributed by atoms with Crippen molar-refractivity contribution in [2.45, 2.75) is 6.92 Å². The number of anilines is 2. The number of aliphatic carboxylic acids is 1. The summed E-state index contributed by atoms with van der Waals surface area (Å²) < 4.78 is 0. The van der Waals surface area contributed by atoms with Crippen LogP contribution in [0, 0.1) is 6.92 Å². The lowest BCUT2D eigenvalue weighted by molar-refractivity contribution is -0.134. The second-order valence-corrected chi connectivity index (χ2v) is 4.65. The summed E-state index contributed by atoms with van der Waals surface area (Å²) in [6.07, 6.45) is 0. The fourth-order valence-electron chi connectivity index (χ4n) is 1.84. The molecule has 0 atom stereocenters. The number of benzene rings is 2. The highest BCUT2D eigenvalue weighted by molar-refractivity contribution is 6.04. The number of nitrogens with one attached hydrogen (secondary N) is 2. The molecule has 21 heavy (non-hydrogen) atoms. The number of amides is 1. The first kappa shape index (κ1) is 14.6. The number of carbonyl (C=O) groups excluding carboxylic acids is 1. The van der Waals surface area contributed by atoms with Gasteiger partial charge in [0.05, 0.1) is 0 Å². The van der Waals surface area contributed by atoms with E-state index in [0.29, 0.717) is 11.3 Å². The van der Waals surface area contributed by atoms with E-state index in [2.05, 4.69) is 10.6 Å². The van der Waals surface area contributed by atoms with Crippen molar-refractivity contribution in [2.75, 3.05) is 17.2 Å². The molecule has 0 saturated heterocycles. The highest BCUT2D eigenvalue weighted by Gasteiger charge is 2.06. The van der Waals surface area contributed by atoms with Gasteiger partial charge in [0.2, 0.25) is 0 Å². The number of carboxylic acids is 1. The third kappa shape index (κ3) is 4.35. The largest absolute Gasteiger partial charge is 0.480 e. The third-order valence-corrected chi connectivity index (χ3v) is 2.87. The van der Waals surface area contributed by atoms with Gasteiger partial charge < -0.3 is 15.7 Å². The Labute approximate surface area is 122 Å². The van der Waals surface area contributed by atoms with Crippen molar-refractivity contribution in [2.24, 2.45) is 0 Å². The molecule has 2 rings (SSSR count). The van der Waals surface area contributed by atoms with Crippen LogP contribution in [0.1, 0.15) is 15.9 Å². The highest BCUT2D eigenvalue weighted by atomic mass is 16.4. The van der Waals surface area contributed by atoms with Gasteiger partial charge in [0.15, 0.2) is 0 Å². The third-order valence-electron chi connectivity index (χ3n) is 2.87. The van der Waals surface area contributed by atoms with Crippen molar-refractivity contribution < 1.29 is 14.7 Å². The maximum absolute atomic E-state index is 12.1. The molecule has 5 nitrogen and oxygen atoms in total. The zero-order valence-electron chi connectivity index (χ0n) is 11.6. The van der Waals surface area contributed by atoms with Gasteiger partial charge in [-0.3, -0.25) is 9.59 Å². The van der Waals surface area contributed by atoms with Gasteiger partial charge in [0, 0.05) is 16.9 Å². The molecule has 2 aromatic carbocycles. The molecule has 5 heteroatoms. The van der Waals surface area contributed by atoms with Crippen molar-refractivity contribution in [3.63, 3.8) is 0 Å². The van der Waals surface area contributed by atoms with E-state index in [-0.39, 0.29) is 12.5 Å². The Morgan fingerprint density at radius 2 is 1.76 bits per heavy atom. The molecular weight excluding hydrogens is 268 g/mol. The number of hydrogen-bond donors (Lipinski definition) is 3. The zero-order valence-corrected chi connectivity index (χ0v) is 11.6. The number of hydrogen-bond acceptors (Lipinski definition) is 3. The molecule has 0 radical (unpaired) electrons. The summed E-state index contributed by atoms with van der Waals surface area (Å²) in [5.74, 6) is -1.14. The van der Waals surface area contributed by atoms with Gasteiger partial charge in [0.25, 0.3) is 5.91 Å². The van der Waals surface area contributed by atoms with Crippen LogP contribution in [-0.2, 0) is 4.79 Å². The molecule has 0 aliphatic carbocycles. The molecule has 0 fully saturated rings. The average molecular weight is 284 g/mol. The van der Waals surface area contributed by atoms with Crippen LogP contribution >= 0.6 is 0 Å². The summed E-state index contributed by atoms with van der Waals surface area (Å²) in [6, 6.07) is 14.2. The van der Waals surface area contributed by atoms with Gasteiger partial charge in [0.1, 0.15) is 6.54 Å². The topological polar surface area (TPSA) is 78.4 Å². The Morgan fingerprint density at radius 1 is 1.05 bits per heavy atom. The van der Waals surface area contributed by atoms with Gasteiger partial charge in [-0.15, -0.1) is 0 Å². The van der Waals surface area contributed by atoms with Gasteiger partial charge in [-0.2, -0.15) is 0 Å². The fourth-order valence-corrected chi connectivity index (χ4v) is 1.84. The van der Waals surface area contributed by atoms with E-state index >= 15 is 0 Å². The molecule has 0 aliphatic rings. The Morgan fingerprint density at radius 3 is 2.38 bits per heavy atom. The number of carboxylic acid groups (broad SMARTS) is 1. The van der Waals surface area contributed by atoms with Crippen LogP contribution in [0.15, 0.2) is 48.5 Å². The van der Waals surface area contributed by atoms with Gasteiger partial charge >= 0.3 is 5.97 Å². The predicted octanol–water partition coefficient (Wildman–Crippen LogP) is 2.74. The second-order valence-electron chi connectivity index (χ2n) is 4.65. The first-order valence-electron chi connectivity index (χ1n) is 6.48. The fraction of sp³-hybridized carbons (Fsp3) is 0.125. The van der Waals surface area contributed by atoms with E-state index in [1.54, 1.807) is 24.3 Å². The van der Waals surface area contributed by atoms with E-state index < -0.39 is 5.97 Å². The van der Waals surface area contributed by atoms with Crippen LogP contribution in [0.25, 0.3) is 0 Å². The smallest absolute Gasteiger partial charge is 0.322 e. The summed E-state index contributed by atoms with van der Waals surface area (Å²) >= 11 is 0. The van der Waals surface area contributed by atoms with Crippen molar-refractivity contribution >= 4 is 23.3 Å². The van der Waals surface area contributed by atoms with Gasteiger partial charge in [-0.1, -0.05) is 12.1 Å². The van der Waals surface area contributed by atoms with Crippen molar-refractivity contribution in [3.8, 4) is 0 Å². The average Bonchev–Trinajstić information content (AvgIpc) is 2.45. The number of rotatable bonds is 5. The zero-order chi connectivity index (χ0) is 15.2. The molecule has 0 unspecified atom stereocenters. The van der Waals surface area contributed by atoms with Crippen LogP contribution < -0.4 is 10.6 Å². The molecule has 3 N–H and O–H groups in total. The normalized spacial score (nSPS) is 9.95. The molecule has 0 saturated carbocycles. The second kappa shape index (κ2) is 6.56. The SMILES string of the molecule is Cc1cccc(NC(=O)c2ccc(NCC(=O)O)cc2)c1. The monoisotopic (exact) mass is 284 g/mol. The molecule has 108 valence electrons. The number of aryl methyl sites for hydroxylation is 1. The minimum absolute atomic E-state index is 0.158. The Balaban J connectivity index is 2.01.